The van der Waals surface area contributed by atoms with Crippen LogP contribution in [0, 0.1) is 5.92 Å². The van der Waals surface area contributed by atoms with Crippen LogP contribution in [0.1, 0.15) is 34.5 Å². The van der Waals surface area contributed by atoms with Gasteiger partial charge in [0.25, 0.3) is 5.91 Å². The normalized spacial score (nSPS) is 16.8. The fourth-order valence-electron chi connectivity index (χ4n) is 3.84. The van der Waals surface area contributed by atoms with E-state index in [0.717, 1.165) is 37.3 Å². The van der Waals surface area contributed by atoms with Gasteiger partial charge in [-0.1, -0.05) is 0 Å². The van der Waals surface area contributed by atoms with E-state index in [-0.39, 0.29) is 5.91 Å². The maximum atomic E-state index is 12.4. The van der Waals surface area contributed by atoms with Crippen LogP contribution in [0.5, 0.6) is 0 Å². The largest absolute Gasteiger partial charge is 0.354 e. The molecule has 3 aromatic rings. The van der Waals surface area contributed by atoms with Crippen LogP contribution >= 0.6 is 0 Å². The smallest absolute Gasteiger partial charge is 0.251 e. The van der Waals surface area contributed by atoms with Gasteiger partial charge in [-0.2, -0.15) is 20.5 Å². The molecule has 1 amide bonds. The second kappa shape index (κ2) is 6.61. The third-order valence-corrected chi connectivity index (χ3v) is 5.47. The first-order chi connectivity index (χ1) is 13.3. The standard InChI is InChI=1S/C19H21N7O/c27-19(14-5-6-16-17(7-14)23-25-22-16)20-9-12-10-26(11-12)18-8-13-3-1-2-4-15(13)21-24-18/h5-8,12H,1-4,9-11H2,(H,20,27)(H,22,23,25). The number of carbonyl (C=O) groups is 1. The van der Waals surface area contributed by atoms with Gasteiger partial charge in [-0.15, -0.1) is 5.10 Å². The number of amides is 1. The molecule has 8 heteroatoms. The molecular formula is C19H21N7O. The van der Waals surface area contributed by atoms with Crippen molar-refractivity contribution in [2.24, 2.45) is 5.92 Å². The highest BCUT2D eigenvalue weighted by Gasteiger charge is 2.29. The summed E-state index contributed by atoms with van der Waals surface area (Å²) in [6, 6.07) is 7.52. The Labute approximate surface area is 156 Å². The number of aryl methyl sites for hydroxylation is 2. The number of benzene rings is 1. The van der Waals surface area contributed by atoms with Gasteiger partial charge in [-0.25, -0.2) is 0 Å². The van der Waals surface area contributed by atoms with Crippen molar-refractivity contribution in [1.82, 2.24) is 30.9 Å². The van der Waals surface area contributed by atoms with Crippen LogP contribution in [0.25, 0.3) is 11.0 Å². The number of aromatic amines is 1. The molecular weight excluding hydrogens is 342 g/mol. The van der Waals surface area contributed by atoms with Crippen molar-refractivity contribution in [3.8, 4) is 0 Å². The number of H-pyrrole nitrogens is 1. The lowest BCUT2D eigenvalue weighted by Gasteiger charge is -2.40. The molecule has 0 atom stereocenters. The van der Waals surface area contributed by atoms with Crippen LogP contribution in [0.4, 0.5) is 5.82 Å². The van der Waals surface area contributed by atoms with Crippen LogP contribution in [-0.4, -0.2) is 51.1 Å². The Balaban J connectivity index is 1.15. The summed E-state index contributed by atoms with van der Waals surface area (Å²) in [7, 11) is 0. The lowest BCUT2D eigenvalue weighted by molar-refractivity contribution is 0.0944. The summed E-state index contributed by atoms with van der Waals surface area (Å²) in [6.45, 7) is 2.46. The van der Waals surface area contributed by atoms with E-state index in [1.54, 1.807) is 18.2 Å². The van der Waals surface area contributed by atoms with Gasteiger partial charge in [0.1, 0.15) is 11.0 Å². The third-order valence-electron chi connectivity index (χ3n) is 5.47. The first-order valence-corrected chi connectivity index (χ1v) is 9.45. The fraction of sp³-hybridized carbons (Fsp3) is 0.421. The first kappa shape index (κ1) is 16.2. The van der Waals surface area contributed by atoms with Crippen LogP contribution < -0.4 is 10.2 Å². The molecule has 1 saturated heterocycles. The van der Waals surface area contributed by atoms with E-state index >= 15 is 0 Å². The van der Waals surface area contributed by atoms with E-state index in [4.69, 9.17) is 0 Å². The Kier molecular flexibility index (Phi) is 3.95. The van der Waals surface area contributed by atoms with Crippen molar-refractivity contribution in [1.29, 1.82) is 0 Å². The van der Waals surface area contributed by atoms with Crippen molar-refractivity contribution < 1.29 is 4.79 Å². The molecule has 1 aliphatic carbocycles. The predicted octanol–water partition coefficient (Wildman–Crippen LogP) is 1.49. The molecule has 5 rings (SSSR count). The lowest BCUT2D eigenvalue weighted by atomic mass is 9.95. The van der Waals surface area contributed by atoms with E-state index in [0.29, 0.717) is 23.5 Å². The van der Waals surface area contributed by atoms with E-state index in [2.05, 4.69) is 41.9 Å². The number of hydrogen-bond donors (Lipinski definition) is 2. The molecule has 1 aromatic carbocycles. The topological polar surface area (TPSA) is 99.7 Å². The van der Waals surface area contributed by atoms with E-state index in [1.807, 2.05) is 0 Å². The zero-order valence-corrected chi connectivity index (χ0v) is 15.0. The van der Waals surface area contributed by atoms with Crippen LogP contribution in [0.3, 0.4) is 0 Å². The summed E-state index contributed by atoms with van der Waals surface area (Å²) < 4.78 is 0. The Hall–Kier alpha value is -3.03. The molecule has 1 fully saturated rings. The average molecular weight is 363 g/mol. The Bertz CT molecular complexity index is 993. The zero-order chi connectivity index (χ0) is 18.2. The van der Waals surface area contributed by atoms with Crippen molar-refractivity contribution >= 4 is 22.8 Å². The highest BCUT2D eigenvalue weighted by atomic mass is 16.1. The Morgan fingerprint density at radius 1 is 1.11 bits per heavy atom. The number of anilines is 1. The lowest BCUT2D eigenvalue weighted by Crippen LogP contribution is -2.52. The van der Waals surface area contributed by atoms with Gasteiger partial charge in [0.2, 0.25) is 0 Å². The average Bonchev–Trinajstić information content (AvgIpc) is 3.14. The number of rotatable bonds is 4. The van der Waals surface area contributed by atoms with Crippen molar-refractivity contribution in [3.63, 3.8) is 0 Å². The second-order valence-corrected chi connectivity index (χ2v) is 7.39. The van der Waals surface area contributed by atoms with Crippen LogP contribution in [-0.2, 0) is 12.8 Å². The summed E-state index contributed by atoms with van der Waals surface area (Å²) >= 11 is 0. The molecule has 2 aliphatic rings. The van der Waals surface area contributed by atoms with Crippen LogP contribution in [0.2, 0.25) is 0 Å². The highest BCUT2D eigenvalue weighted by molar-refractivity contribution is 5.97. The predicted molar refractivity (Wildman–Crippen MR) is 101 cm³/mol. The number of nitrogens with zero attached hydrogens (tertiary/aromatic N) is 5. The minimum absolute atomic E-state index is 0.0769. The molecule has 0 bridgehead atoms. The zero-order valence-electron chi connectivity index (χ0n) is 15.0. The molecule has 2 N–H and O–H groups in total. The third kappa shape index (κ3) is 3.11. The minimum Gasteiger partial charge on any atom is -0.354 e. The molecule has 27 heavy (non-hydrogen) atoms. The monoisotopic (exact) mass is 363 g/mol. The van der Waals surface area contributed by atoms with Gasteiger partial charge in [0.05, 0.1) is 5.69 Å². The van der Waals surface area contributed by atoms with E-state index in [9.17, 15) is 4.79 Å². The van der Waals surface area contributed by atoms with Gasteiger partial charge in [0.15, 0.2) is 5.82 Å². The Morgan fingerprint density at radius 3 is 2.89 bits per heavy atom. The number of nitrogens with one attached hydrogen (secondary N) is 2. The summed E-state index contributed by atoms with van der Waals surface area (Å²) in [5, 5.41) is 22.4. The van der Waals surface area contributed by atoms with Gasteiger partial charge < -0.3 is 10.2 Å². The molecule has 0 unspecified atom stereocenters. The Morgan fingerprint density at radius 2 is 1.96 bits per heavy atom. The number of carbonyl (C=O) groups excluding carboxylic acids is 1. The van der Waals surface area contributed by atoms with Gasteiger partial charge in [-0.3, -0.25) is 4.79 Å². The molecule has 0 saturated carbocycles. The molecule has 8 nitrogen and oxygen atoms in total. The van der Waals surface area contributed by atoms with Crippen molar-refractivity contribution in [2.75, 3.05) is 24.5 Å². The van der Waals surface area contributed by atoms with Gasteiger partial charge in [-0.05, 0) is 55.5 Å². The summed E-state index contributed by atoms with van der Waals surface area (Å²) in [5.41, 5.74) is 4.58. The highest BCUT2D eigenvalue weighted by Crippen LogP contribution is 2.26. The van der Waals surface area contributed by atoms with Crippen molar-refractivity contribution in [3.05, 3.63) is 41.1 Å². The molecule has 2 aromatic heterocycles. The fourth-order valence-corrected chi connectivity index (χ4v) is 3.84. The van der Waals surface area contributed by atoms with Gasteiger partial charge in [0, 0.05) is 31.1 Å². The summed E-state index contributed by atoms with van der Waals surface area (Å²) in [4.78, 5) is 14.6. The molecule has 138 valence electrons. The maximum Gasteiger partial charge on any atom is 0.251 e. The van der Waals surface area contributed by atoms with Gasteiger partial charge >= 0.3 is 0 Å². The quantitative estimate of drug-likeness (QED) is 0.729. The summed E-state index contributed by atoms with van der Waals surface area (Å²) in [6.07, 6.45) is 4.63. The summed E-state index contributed by atoms with van der Waals surface area (Å²) in [5.74, 6) is 1.32. The number of hydrogen-bond acceptors (Lipinski definition) is 6. The maximum absolute atomic E-state index is 12.4. The number of aromatic nitrogens is 5. The first-order valence-electron chi connectivity index (χ1n) is 9.45. The van der Waals surface area contributed by atoms with E-state index < -0.39 is 0 Å². The minimum atomic E-state index is -0.0769. The second-order valence-electron chi connectivity index (χ2n) is 7.39. The molecule has 0 spiro atoms. The molecule has 0 radical (unpaired) electrons. The van der Waals surface area contributed by atoms with E-state index in [1.165, 1.54) is 24.1 Å². The number of fused-ring (bicyclic) bond motifs is 2. The van der Waals surface area contributed by atoms with Crippen molar-refractivity contribution in [2.45, 2.75) is 25.7 Å². The molecule has 1 aliphatic heterocycles. The molecule has 3 heterocycles. The van der Waals surface area contributed by atoms with Crippen LogP contribution in [0.15, 0.2) is 24.3 Å². The SMILES string of the molecule is O=C(NCC1CN(c2cc3c(nn2)CCCC3)C1)c1ccc2n[nH]nc2c1.